The highest BCUT2D eigenvalue weighted by Crippen LogP contribution is 2.30. The van der Waals surface area contributed by atoms with Gasteiger partial charge in [0.05, 0.1) is 5.56 Å². The predicted octanol–water partition coefficient (Wildman–Crippen LogP) is 5.83. The molecular weight excluding hydrogens is 346 g/mol. The fourth-order valence-corrected chi connectivity index (χ4v) is 3.37. The van der Waals surface area contributed by atoms with Gasteiger partial charge in [-0.1, -0.05) is 50.2 Å². The predicted molar refractivity (Wildman–Crippen MR) is 113 cm³/mol. The fourth-order valence-electron chi connectivity index (χ4n) is 3.37. The number of rotatable bonds is 7. The van der Waals surface area contributed by atoms with Crippen LogP contribution in [0, 0.1) is 13.8 Å². The van der Waals surface area contributed by atoms with Crippen molar-refractivity contribution >= 4 is 5.78 Å². The Hall–Kier alpha value is -2.94. The Morgan fingerprint density at radius 1 is 1.04 bits per heavy atom. The van der Waals surface area contributed by atoms with Crippen molar-refractivity contribution in [2.24, 2.45) is 0 Å². The fraction of sp³-hybridized carbons (Fsp3) is 0.280. The molecule has 0 amide bonds. The van der Waals surface area contributed by atoms with E-state index in [1.807, 2.05) is 61.5 Å². The van der Waals surface area contributed by atoms with Crippen LogP contribution in [0.15, 0.2) is 60.8 Å². The first kappa shape index (κ1) is 19.8. The van der Waals surface area contributed by atoms with E-state index in [1.54, 1.807) is 6.20 Å². The number of ether oxygens (including phenoxy) is 1. The summed E-state index contributed by atoms with van der Waals surface area (Å²) in [5.74, 6) is 1.05. The first-order valence-corrected chi connectivity index (χ1v) is 9.70. The van der Waals surface area contributed by atoms with Crippen LogP contribution in [-0.4, -0.2) is 10.8 Å². The van der Waals surface area contributed by atoms with Crippen molar-refractivity contribution in [2.45, 2.75) is 46.6 Å². The monoisotopic (exact) mass is 373 g/mol. The molecule has 28 heavy (non-hydrogen) atoms. The van der Waals surface area contributed by atoms with E-state index in [0.717, 1.165) is 22.4 Å². The maximum atomic E-state index is 13.2. The normalized spacial score (nSPS) is 10.9. The smallest absolute Gasteiger partial charge is 0.171 e. The lowest BCUT2D eigenvalue weighted by molar-refractivity contribution is 0.0988. The molecule has 0 N–H and O–H groups in total. The molecule has 2 aromatic carbocycles. The van der Waals surface area contributed by atoms with Gasteiger partial charge in [0.1, 0.15) is 12.4 Å². The van der Waals surface area contributed by atoms with Gasteiger partial charge >= 0.3 is 0 Å². The van der Waals surface area contributed by atoms with Crippen molar-refractivity contribution in [1.82, 2.24) is 4.98 Å². The Labute approximate surface area is 167 Å². The SMILES string of the molecule is Cc1cc(OCc2ccccc2)c(C(=O)Cc2cccnc2C)cc1C(C)C. The Kier molecular flexibility index (Phi) is 6.25. The second-order valence-electron chi connectivity index (χ2n) is 7.48. The average Bonchev–Trinajstić information content (AvgIpc) is 2.68. The van der Waals surface area contributed by atoms with Gasteiger partial charge < -0.3 is 4.74 Å². The van der Waals surface area contributed by atoms with Gasteiger partial charge in [0, 0.05) is 18.3 Å². The number of aromatic nitrogens is 1. The van der Waals surface area contributed by atoms with Gasteiger partial charge in [-0.05, 0) is 60.2 Å². The molecule has 0 spiro atoms. The van der Waals surface area contributed by atoms with E-state index in [2.05, 4.69) is 25.8 Å². The Morgan fingerprint density at radius 2 is 1.79 bits per heavy atom. The summed E-state index contributed by atoms with van der Waals surface area (Å²) in [7, 11) is 0. The lowest BCUT2D eigenvalue weighted by Gasteiger charge is -2.17. The molecule has 0 saturated carbocycles. The summed E-state index contributed by atoms with van der Waals surface area (Å²) in [5, 5.41) is 0. The van der Waals surface area contributed by atoms with Crippen LogP contribution in [0.25, 0.3) is 0 Å². The van der Waals surface area contributed by atoms with Gasteiger partial charge in [0.15, 0.2) is 5.78 Å². The summed E-state index contributed by atoms with van der Waals surface area (Å²) in [6.45, 7) is 8.74. The van der Waals surface area contributed by atoms with Gasteiger partial charge in [0.2, 0.25) is 0 Å². The van der Waals surface area contributed by atoms with Crippen molar-refractivity contribution in [3.8, 4) is 5.75 Å². The summed E-state index contributed by atoms with van der Waals surface area (Å²) < 4.78 is 6.09. The van der Waals surface area contributed by atoms with Crippen molar-refractivity contribution in [3.63, 3.8) is 0 Å². The number of nitrogens with zero attached hydrogens (tertiary/aromatic N) is 1. The molecule has 0 aliphatic carbocycles. The highest BCUT2D eigenvalue weighted by molar-refractivity contribution is 6.00. The quantitative estimate of drug-likeness (QED) is 0.489. The number of pyridine rings is 1. The molecule has 0 fully saturated rings. The van der Waals surface area contributed by atoms with E-state index < -0.39 is 0 Å². The maximum absolute atomic E-state index is 13.2. The number of Topliss-reactive ketones (excluding diaryl/α,β-unsaturated/α-hetero) is 1. The Morgan fingerprint density at radius 3 is 2.46 bits per heavy atom. The standard InChI is InChI=1S/C25H27NO2/c1-17(2)22-15-23(24(27)14-21-11-8-12-26-19(21)4)25(13-18(22)3)28-16-20-9-6-5-7-10-20/h5-13,15,17H,14,16H2,1-4H3. The number of aryl methyl sites for hydroxylation is 2. The third kappa shape index (κ3) is 4.66. The second kappa shape index (κ2) is 8.83. The summed E-state index contributed by atoms with van der Waals surface area (Å²) in [4.78, 5) is 17.5. The lowest BCUT2D eigenvalue weighted by Crippen LogP contribution is -2.10. The third-order valence-corrected chi connectivity index (χ3v) is 5.00. The molecule has 0 radical (unpaired) electrons. The summed E-state index contributed by atoms with van der Waals surface area (Å²) in [6.07, 6.45) is 2.07. The molecule has 1 heterocycles. The number of ketones is 1. The molecule has 0 atom stereocenters. The van der Waals surface area contributed by atoms with E-state index in [4.69, 9.17) is 4.74 Å². The third-order valence-electron chi connectivity index (χ3n) is 5.00. The molecule has 0 unspecified atom stereocenters. The lowest BCUT2D eigenvalue weighted by atomic mass is 9.92. The number of hydrogen-bond acceptors (Lipinski definition) is 3. The van der Waals surface area contributed by atoms with Crippen LogP contribution in [0.4, 0.5) is 0 Å². The molecule has 0 aliphatic rings. The van der Waals surface area contributed by atoms with Crippen LogP contribution in [0.5, 0.6) is 5.75 Å². The molecule has 144 valence electrons. The Balaban J connectivity index is 1.93. The number of carbonyl (C=O) groups is 1. The van der Waals surface area contributed by atoms with Gasteiger partial charge in [-0.25, -0.2) is 0 Å². The van der Waals surface area contributed by atoms with Crippen LogP contribution in [-0.2, 0) is 13.0 Å². The van der Waals surface area contributed by atoms with Crippen molar-refractivity contribution in [1.29, 1.82) is 0 Å². The van der Waals surface area contributed by atoms with Gasteiger partial charge in [-0.2, -0.15) is 0 Å². The molecule has 3 aromatic rings. The number of hydrogen-bond donors (Lipinski definition) is 0. The highest BCUT2D eigenvalue weighted by Gasteiger charge is 2.18. The first-order chi connectivity index (χ1) is 13.5. The molecule has 0 saturated heterocycles. The summed E-state index contributed by atoms with van der Waals surface area (Å²) >= 11 is 0. The zero-order valence-corrected chi connectivity index (χ0v) is 17.0. The van der Waals surface area contributed by atoms with Crippen LogP contribution >= 0.6 is 0 Å². The van der Waals surface area contributed by atoms with Crippen LogP contribution in [0.3, 0.4) is 0 Å². The second-order valence-corrected chi connectivity index (χ2v) is 7.48. The van der Waals surface area contributed by atoms with E-state index in [1.165, 1.54) is 5.56 Å². The van der Waals surface area contributed by atoms with E-state index in [-0.39, 0.29) is 5.78 Å². The summed E-state index contributed by atoms with van der Waals surface area (Å²) in [5.41, 5.74) is 5.89. The number of carbonyl (C=O) groups excluding carboxylic acids is 1. The van der Waals surface area contributed by atoms with Crippen molar-refractivity contribution in [3.05, 3.63) is 94.3 Å². The number of benzene rings is 2. The minimum atomic E-state index is 0.0565. The highest BCUT2D eigenvalue weighted by atomic mass is 16.5. The van der Waals surface area contributed by atoms with Crippen LogP contribution < -0.4 is 4.74 Å². The Bertz CT molecular complexity index is 962. The molecule has 3 nitrogen and oxygen atoms in total. The van der Waals surface area contributed by atoms with Crippen molar-refractivity contribution < 1.29 is 9.53 Å². The largest absolute Gasteiger partial charge is 0.488 e. The molecular formula is C25H27NO2. The first-order valence-electron chi connectivity index (χ1n) is 9.70. The van der Waals surface area contributed by atoms with E-state index in [9.17, 15) is 4.79 Å². The van der Waals surface area contributed by atoms with Gasteiger partial charge in [0.25, 0.3) is 0 Å². The zero-order valence-electron chi connectivity index (χ0n) is 17.0. The molecule has 3 rings (SSSR count). The van der Waals surface area contributed by atoms with Crippen LogP contribution in [0.2, 0.25) is 0 Å². The minimum absolute atomic E-state index is 0.0565. The van der Waals surface area contributed by atoms with E-state index in [0.29, 0.717) is 30.3 Å². The van der Waals surface area contributed by atoms with Gasteiger partial charge in [-0.3, -0.25) is 9.78 Å². The van der Waals surface area contributed by atoms with Crippen molar-refractivity contribution in [2.75, 3.05) is 0 Å². The average molecular weight is 373 g/mol. The van der Waals surface area contributed by atoms with Crippen LogP contribution in [0.1, 0.15) is 58.1 Å². The van der Waals surface area contributed by atoms with E-state index >= 15 is 0 Å². The zero-order chi connectivity index (χ0) is 20.1. The molecule has 1 aromatic heterocycles. The summed E-state index contributed by atoms with van der Waals surface area (Å²) in [6, 6.07) is 17.9. The molecule has 3 heteroatoms. The topological polar surface area (TPSA) is 39.2 Å². The molecule has 0 aliphatic heterocycles. The minimum Gasteiger partial charge on any atom is -0.488 e. The maximum Gasteiger partial charge on any atom is 0.171 e. The van der Waals surface area contributed by atoms with Gasteiger partial charge in [-0.15, -0.1) is 0 Å². The molecule has 0 bridgehead atoms.